The second-order valence-electron chi connectivity index (χ2n) is 8.07. The summed E-state index contributed by atoms with van der Waals surface area (Å²) in [6.45, 7) is 3.30. The zero-order chi connectivity index (χ0) is 21.2. The Bertz CT molecular complexity index is 1130. The van der Waals surface area contributed by atoms with E-state index < -0.39 is 0 Å². The fraction of sp³-hybridized carbons (Fsp3) is 0.192. The molecular formula is C26H24FN3O. The van der Waals surface area contributed by atoms with Crippen LogP contribution in [0.25, 0.3) is 11.3 Å². The summed E-state index contributed by atoms with van der Waals surface area (Å²) in [5.41, 5.74) is 5.49. The van der Waals surface area contributed by atoms with Gasteiger partial charge in [-0.1, -0.05) is 42.5 Å². The Morgan fingerprint density at radius 2 is 1.71 bits per heavy atom. The van der Waals surface area contributed by atoms with E-state index in [1.54, 1.807) is 6.07 Å². The van der Waals surface area contributed by atoms with Crippen molar-refractivity contribution in [2.75, 3.05) is 23.7 Å². The van der Waals surface area contributed by atoms with E-state index in [9.17, 15) is 9.18 Å². The molecule has 0 bridgehead atoms. The van der Waals surface area contributed by atoms with E-state index in [1.165, 1.54) is 43.6 Å². The van der Waals surface area contributed by atoms with Crippen LogP contribution in [0.2, 0.25) is 0 Å². The minimum Gasteiger partial charge on any atom is -0.354 e. The van der Waals surface area contributed by atoms with Crippen LogP contribution in [-0.4, -0.2) is 23.9 Å². The summed E-state index contributed by atoms with van der Waals surface area (Å²) in [5, 5.41) is 6.25. The second kappa shape index (κ2) is 8.36. The minimum atomic E-state index is -0.372. The first kappa shape index (κ1) is 19.5. The van der Waals surface area contributed by atoms with Crippen LogP contribution in [-0.2, 0) is 11.3 Å². The third kappa shape index (κ3) is 4.09. The van der Waals surface area contributed by atoms with Crippen molar-refractivity contribution in [2.45, 2.75) is 19.4 Å². The van der Waals surface area contributed by atoms with Crippen molar-refractivity contribution in [2.24, 2.45) is 0 Å². The van der Waals surface area contributed by atoms with Gasteiger partial charge in [-0.25, -0.2) is 4.39 Å². The highest BCUT2D eigenvalue weighted by Gasteiger charge is 2.28. The molecule has 2 aliphatic heterocycles. The molecule has 2 aliphatic rings. The third-order valence-corrected chi connectivity index (χ3v) is 5.87. The highest BCUT2D eigenvalue weighted by Crippen LogP contribution is 2.37. The van der Waals surface area contributed by atoms with Crippen LogP contribution in [0.5, 0.6) is 0 Å². The molecule has 3 aromatic carbocycles. The van der Waals surface area contributed by atoms with Crippen molar-refractivity contribution in [1.29, 1.82) is 0 Å². The molecule has 0 aliphatic carbocycles. The predicted molar refractivity (Wildman–Crippen MR) is 123 cm³/mol. The van der Waals surface area contributed by atoms with Gasteiger partial charge in [-0.05, 0) is 67.4 Å². The number of benzene rings is 3. The van der Waals surface area contributed by atoms with Gasteiger partial charge in [0.25, 0.3) is 5.91 Å². The molecule has 156 valence electrons. The number of likely N-dealkylation sites (tertiary alicyclic amines) is 1. The number of carbonyl (C=O) groups excluding carboxylic acids is 1. The van der Waals surface area contributed by atoms with E-state index in [0.717, 1.165) is 17.8 Å². The molecule has 0 atom stereocenters. The van der Waals surface area contributed by atoms with Crippen molar-refractivity contribution in [3.8, 4) is 0 Å². The van der Waals surface area contributed by atoms with Gasteiger partial charge >= 0.3 is 0 Å². The van der Waals surface area contributed by atoms with E-state index in [2.05, 4.69) is 27.7 Å². The molecule has 0 unspecified atom stereocenters. The van der Waals surface area contributed by atoms with Gasteiger partial charge in [-0.3, -0.25) is 9.69 Å². The molecule has 5 heteroatoms. The zero-order valence-electron chi connectivity index (χ0n) is 17.2. The minimum absolute atomic E-state index is 0.238. The van der Waals surface area contributed by atoms with E-state index in [4.69, 9.17) is 0 Å². The number of nitrogens with one attached hydrogen (secondary N) is 2. The number of hydrogen-bond donors (Lipinski definition) is 2. The predicted octanol–water partition coefficient (Wildman–Crippen LogP) is 5.35. The lowest BCUT2D eigenvalue weighted by Gasteiger charge is -2.17. The number of halogens is 1. The monoisotopic (exact) mass is 413 g/mol. The molecule has 4 nitrogen and oxygen atoms in total. The molecule has 1 saturated heterocycles. The highest BCUT2D eigenvalue weighted by molar-refractivity contribution is 6.37. The SMILES string of the molecule is O=C1Nc2cc(F)ccc2/C1=C(/Nc1ccc(CN2CCCC2)cc1)c1ccccc1. The third-order valence-electron chi connectivity index (χ3n) is 5.87. The second-order valence-corrected chi connectivity index (χ2v) is 8.07. The maximum atomic E-state index is 13.7. The molecular weight excluding hydrogens is 389 g/mol. The van der Waals surface area contributed by atoms with Crippen LogP contribution < -0.4 is 10.6 Å². The molecule has 1 fully saturated rings. The van der Waals surface area contributed by atoms with Crippen LogP contribution in [0.4, 0.5) is 15.8 Å². The summed E-state index contributed by atoms with van der Waals surface area (Å²) in [7, 11) is 0. The number of carbonyl (C=O) groups is 1. The molecule has 0 saturated carbocycles. The van der Waals surface area contributed by atoms with Gasteiger partial charge in [0.15, 0.2) is 0 Å². The van der Waals surface area contributed by atoms with Gasteiger partial charge in [0.05, 0.1) is 17.0 Å². The number of fused-ring (bicyclic) bond motifs is 1. The average molecular weight is 413 g/mol. The summed E-state index contributed by atoms with van der Waals surface area (Å²) < 4.78 is 13.7. The molecule has 3 aromatic rings. The van der Waals surface area contributed by atoms with Crippen molar-refractivity contribution >= 4 is 28.6 Å². The fourth-order valence-corrected chi connectivity index (χ4v) is 4.31. The van der Waals surface area contributed by atoms with Crippen LogP contribution in [0.15, 0.2) is 72.8 Å². The lowest BCUT2D eigenvalue weighted by Crippen LogP contribution is -2.18. The number of amides is 1. The van der Waals surface area contributed by atoms with E-state index >= 15 is 0 Å². The first-order valence-electron chi connectivity index (χ1n) is 10.7. The molecule has 2 N–H and O–H groups in total. The van der Waals surface area contributed by atoms with Crippen LogP contribution in [0, 0.1) is 5.82 Å². The number of rotatable bonds is 5. The normalized spacial score (nSPS) is 17.4. The maximum absolute atomic E-state index is 13.7. The van der Waals surface area contributed by atoms with Gasteiger partial charge < -0.3 is 10.6 Å². The van der Waals surface area contributed by atoms with Crippen molar-refractivity contribution in [3.05, 3.63) is 95.3 Å². The Labute approximate surface area is 181 Å². The highest BCUT2D eigenvalue weighted by atomic mass is 19.1. The summed E-state index contributed by atoms with van der Waals surface area (Å²) >= 11 is 0. The number of nitrogens with zero attached hydrogens (tertiary/aromatic N) is 1. The average Bonchev–Trinajstić information content (AvgIpc) is 3.40. The van der Waals surface area contributed by atoms with Gasteiger partial charge in [0, 0.05) is 17.8 Å². The molecule has 31 heavy (non-hydrogen) atoms. The summed E-state index contributed by atoms with van der Waals surface area (Å²) in [4.78, 5) is 15.3. The Hall–Kier alpha value is -3.44. The summed E-state index contributed by atoms with van der Waals surface area (Å²) in [6.07, 6.45) is 2.56. The van der Waals surface area contributed by atoms with Gasteiger partial charge in [-0.2, -0.15) is 0 Å². The lowest BCUT2D eigenvalue weighted by molar-refractivity contribution is -0.110. The van der Waals surface area contributed by atoms with Gasteiger partial charge in [0.1, 0.15) is 5.82 Å². The molecule has 0 aromatic heterocycles. The number of hydrogen-bond acceptors (Lipinski definition) is 3. The molecule has 2 heterocycles. The van der Waals surface area contributed by atoms with E-state index in [0.29, 0.717) is 22.5 Å². The molecule has 0 spiro atoms. The largest absolute Gasteiger partial charge is 0.354 e. The lowest BCUT2D eigenvalue weighted by atomic mass is 10.00. The van der Waals surface area contributed by atoms with Crippen molar-refractivity contribution in [3.63, 3.8) is 0 Å². The maximum Gasteiger partial charge on any atom is 0.258 e. The van der Waals surface area contributed by atoms with E-state index in [1.807, 2.05) is 42.5 Å². The summed E-state index contributed by atoms with van der Waals surface area (Å²) in [6, 6.07) is 22.5. The summed E-state index contributed by atoms with van der Waals surface area (Å²) in [5.74, 6) is -0.610. The van der Waals surface area contributed by atoms with Crippen molar-refractivity contribution < 1.29 is 9.18 Å². The smallest absolute Gasteiger partial charge is 0.258 e. The van der Waals surface area contributed by atoms with Crippen LogP contribution in [0.1, 0.15) is 29.5 Å². The van der Waals surface area contributed by atoms with Crippen LogP contribution in [0.3, 0.4) is 0 Å². The van der Waals surface area contributed by atoms with E-state index in [-0.39, 0.29) is 11.7 Å². The van der Waals surface area contributed by atoms with Crippen LogP contribution >= 0.6 is 0 Å². The molecule has 1 amide bonds. The Morgan fingerprint density at radius 1 is 0.968 bits per heavy atom. The fourth-order valence-electron chi connectivity index (χ4n) is 4.31. The Morgan fingerprint density at radius 3 is 2.45 bits per heavy atom. The van der Waals surface area contributed by atoms with Gasteiger partial charge in [-0.15, -0.1) is 0 Å². The van der Waals surface area contributed by atoms with Crippen molar-refractivity contribution in [1.82, 2.24) is 4.90 Å². The van der Waals surface area contributed by atoms with Gasteiger partial charge in [0.2, 0.25) is 0 Å². The Balaban J connectivity index is 1.50. The quantitative estimate of drug-likeness (QED) is 0.554. The first-order valence-corrected chi connectivity index (χ1v) is 10.7. The molecule has 0 radical (unpaired) electrons. The topological polar surface area (TPSA) is 44.4 Å². The zero-order valence-corrected chi connectivity index (χ0v) is 17.2. The number of anilines is 2. The standard InChI is InChI=1S/C26H24FN3O/c27-20-10-13-22-23(16-20)29-26(31)24(22)25(19-6-2-1-3-7-19)28-21-11-8-18(9-12-21)17-30-14-4-5-15-30/h1-3,6-13,16,28H,4-5,14-15,17H2,(H,29,31)/b25-24-. The first-order chi connectivity index (χ1) is 15.2. The molecule has 5 rings (SSSR count). The Kier molecular flexibility index (Phi) is 5.26.